The van der Waals surface area contributed by atoms with E-state index in [1.54, 1.807) is 6.07 Å². The normalized spacial score (nSPS) is 11.0. The number of anilines is 1. The minimum absolute atomic E-state index is 0.0343. The molecule has 1 N–H and O–H groups in total. The van der Waals surface area contributed by atoms with Crippen LogP contribution in [0.1, 0.15) is 11.8 Å². The molecule has 0 saturated heterocycles. The van der Waals surface area contributed by atoms with Gasteiger partial charge in [-0.1, -0.05) is 23.3 Å². The molecule has 0 unspecified atom stereocenters. The fourth-order valence-corrected chi connectivity index (χ4v) is 3.22. The number of nitrogens with one attached hydrogen (secondary N) is 1. The van der Waals surface area contributed by atoms with Gasteiger partial charge in [-0.15, -0.1) is 16.4 Å². The third-order valence-corrected chi connectivity index (χ3v) is 4.48. The van der Waals surface area contributed by atoms with E-state index in [1.165, 1.54) is 11.3 Å². The molecule has 4 aromatic rings. The molecule has 4 rings (SSSR count). The van der Waals surface area contributed by atoms with Crippen LogP contribution in [0.5, 0.6) is 5.75 Å². The Labute approximate surface area is 152 Å². The summed E-state index contributed by atoms with van der Waals surface area (Å²) in [6.45, 7) is 2.45. The van der Waals surface area contributed by atoms with Crippen LogP contribution in [0.25, 0.3) is 22.6 Å². The van der Waals surface area contributed by atoms with Crippen LogP contribution in [-0.4, -0.2) is 22.7 Å². The van der Waals surface area contributed by atoms with Gasteiger partial charge in [0.2, 0.25) is 5.91 Å². The average molecular weight is 369 g/mol. The summed E-state index contributed by atoms with van der Waals surface area (Å²) in [6, 6.07) is 11.3. The first-order valence-corrected chi connectivity index (χ1v) is 8.92. The number of amides is 1. The molecule has 8 heteroatoms. The monoisotopic (exact) mass is 369 g/mol. The van der Waals surface area contributed by atoms with Gasteiger partial charge in [0.25, 0.3) is 5.89 Å². The number of benzene rings is 1. The second-order valence-corrected chi connectivity index (χ2v) is 6.47. The van der Waals surface area contributed by atoms with Crippen LogP contribution in [0, 0.1) is 0 Å². The highest BCUT2D eigenvalue weighted by Crippen LogP contribution is 2.33. The van der Waals surface area contributed by atoms with Crippen LogP contribution < -0.4 is 10.1 Å². The first-order valence-electron chi connectivity index (χ1n) is 8.04. The Kier molecular flexibility index (Phi) is 4.40. The first-order chi connectivity index (χ1) is 12.7. The molecule has 0 saturated carbocycles. The van der Waals surface area contributed by atoms with E-state index in [9.17, 15) is 4.79 Å². The second-order valence-electron chi connectivity index (χ2n) is 5.43. The summed E-state index contributed by atoms with van der Waals surface area (Å²) in [6.07, 6.45) is 0.262. The molecule has 1 amide bonds. The lowest BCUT2D eigenvalue weighted by Crippen LogP contribution is -2.13. The van der Waals surface area contributed by atoms with Gasteiger partial charge in [-0.05, 0) is 30.5 Å². The third kappa shape index (κ3) is 3.31. The van der Waals surface area contributed by atoms with Crippen LogP contribution >= 0.6 is 11.3 Å². The Morgan fingerprint density at radius 2 is 2.15 bits per heavy atom. The minimum Gasteiger partial charge on any atom is -0.490 e. The van der Waals surface area contributed by atoms with Crippen LogP contribution in [0.3, 0.4) is 0 Å². The zero-order valence-electron chi connectivity index (χ0n) is 13.9. The van der Waals surface area contributed by atoms with Crippen molar-refractivity contribution < 1.29 is 18.4 Å². The van der Waals surface area contributed by atoms with E-state index in [0.717, 1.165) is 10.3 Å². The van der Waals surface area contributed by atoms with Gasteiger partial charge in [-0.2, -0.15) is 0 Å². The Morgan fingerprint density at radius 3 is 2.96 bits per heavy atom. The number of hydrogen-bond donors (Lipinski definition) is 1. The highest BCUT2D eigenvalue weighted by atomic mass is 32.1. The zero-order valence-corrected chi connectivity index (χ0v) is 14.7. The van der Waals surface area contributed by atoms with Gasteiger partial charge >= 0.3 is 6.01 Å². The lowest BCUT2D eigenvalue weighted by Gasteiger charge is -2.01. The number of aromatic nitrogens is 2. The topological polar surface area (TPSA) is 90.4 Å². The second kappa shape index (κ2) is 7.01. The maximum Gasteiger partial charge on any atom is 0.322 e. The predicted molar refractivity (Wildman–Crippen MR) is 97.3 cm³/mol. The largest absolute Gasteiger partial charge is 0.490 e. The van der Waals surface area contributed by atoms with Gasteiger partial charge in [-0.3, -0.25) is 10.1 Å². The minimum atomic E-state index is -0.217. The number of hydrogen-bond acceptors (Lipinski definition) is 7. The number of nitrogens with zero attached hydrogens (tertiary/aromatic N) is 2. The van der Waals surface area contributed by atoms with E-state index in [4.69, 9.17) is 13.6 Å². The van der Waals surface area contributed by atoms with Crippen molar-refractivity contribution in [1.29, 1.82) is 0 Å². The van der Waals surface area contributed by atoms with E-state index >= 15 is 0 Å². The van der Waals surface area contributed by atoms with E-state index < -0.39 is 0 Å². The summed E-state index contributed by atoms with van der Waals surface area (Å²) in [5.41, 5.74) is 0.617. The molecular formula is C18H15N3O4S. The summed E-state index contributed by atoms with van der Waals surface area (Å²) in [4.78, 5) is 13.0. The fraction of sp³-hybridized carbons (Fsp3) is 0.167. The molecule has 0 aliphatic carbocycles. The maximum atomic E-state index is 12.0. The third-order valence-electron chi connectivity index (χ3n) is 3.60. The molecule has 0 radical (unpaired) electrons. The lowest BCUT2D eigenvalue weighted by molar-refractivity contribution is -0.115. The fourth-order valence-electron chi connectivity index (χ4n) is 2.52. The van der Waals surface area contributed by atoms with Gasteiger partial charge in [0, 0.05) is 10.3 Å². The number of para-hydroxylation sites is 1. The number of furan rings is 1. The van der Waals surface area contributed by atoms with Crippen molar-refractivity contribution in [2.75, 3.05) is 11.9 Å². The molecule has 132 valence electrons. The molecule has 0 aliphatic rings. The highest BCUT2D eigenvalue weighted by Gasteiger charge is 2.17. The molecule has 1 aromatic carbocycles. The van der Waals surface area contributed by atoms with Gasteiger partial charge < -0.3 is 13.6 Å². The van der Waals surface area contributed by atoms with Gasteiger partial charge in [0.05, 0.1) is 13.0 Å². The standard InChI is InChI=1S/C18H15N3O4S/c1-2-23-13-7-3-5-11-9-14(24-16(11)13)17-20-21-18(25-17)19-15(22)10-12-6-4-8-26-12/h3-9H,2,10H2,1H3,(H,19,21,22). The van der Waals surface area contributed by atoms with Crippen molar-refractivity contribution >= 4 is 34.2 Å². The predicted octanol–water partition coefficient (Wildman–Crippen LogP) is 4.12. The van der Waals surface area contributed by atoms with Gasteiger partial charge in [0.15, 0.2) is 17.1 Å². The van der Waals surface area contributed by atoms with Crippen molar-refractivity contribution in [3.63, 3.8) is 0 Å². The quantitative estimate of drug-likeness (QED) is 0.550. The number of fused-ring (bicyclic) bond motifs is 1. The van der Waals surface area contributed by atoms with Crippen LogP contribution in [0.4, 0.5) is 6.01 Å². The molecule has 0 spiro atoms. The smallest absolute Gasteiger partial charge is 0.322 e. The van der Waals surface area contributed by atoms with Crippen molar-refractivity contribution in [3.05, 3.63) is 46.7 Å². The molecule has 7 nitrogen and oxygen atoms in total. The van der Waals surface area contributed by atoms with Crippen LogP contribution in [0.15, 0.2) is 50.6 Å². The van der Waals surface area contributed by atoms with Crippen molar-refractivity contribution in [3.8, 4) is 17.4 Å². The van der Waals surface area contributed by atoms with Crippen molar-refractivity contribution in [2.45, 2.75) is 13.3 Å². The molecule has 26 heavy (non-hydrogen) atoms. The Morgan fingerprint density at radius 1 is 1.23 bits per heavy atom. The van der Waals surface area contributed by atoms with E-state index in [2.05, 4.69) is 15.5 Å². The molecule has 0 bridgehead atoms. The molecule has 0 atom stereocenters. The molecule has 3 heterocycles. The van der Waals surface area contributed by atoms with Crippen LogP contribution in [-0.2, 0) is 11.2 Å². The van der Waals surface area contributed by atoms with Crippen molar-refractivity contribution in [1.82, 2.24) is 10.2 Å². The highest BCUT2D eigenvalue weighted by molar-refractivity contribution is 7.10. The van der Waals surface area contributed by atoms with Gasteiger partial charge in [0.1, 0.15) is 0 Å². The Hall–Kier alpha value is -3.13. The SMILES string of the molecule is CCOc1cccc2cc(-c3nnc(NC(=O)Cc4cccs4)o3)oc12. The summed E-state index contributed by atoms with van der Waals surface area (Å²) >= 11 is 1.52. The molecule has 0 fully saturated rings. The summed E-state index contributed by atoms with van der Waals surface area (Å²) in [5, 5.41) is 13.2. The van der Waals surface area contributed by atoms with Gasteiger partial charge in [-0.25, -0.2) is 0 Å². The number of rotatable bonds is 6. The number of carbonyl (C=O) groups excluding carboxylic acids is 1. The maximum absolute atomic E-state index is 12.0. The number of thiophene rings is 1. The summed E-state index contributed by atoms with van der Waals surface area (Å²) in [5.74, 6) is 1.04. The Balaban J connectivity index is 1.53. The molecule has 3 aromatic heterocycles. The summed E-state index contributed by atoms with van der Waals surface area (Å²) in [7, 11) is 0. The molecule has 0 aliphatic heterocycles. The van der Waals surface area contributed by atoms with E-state index in [-0.39, 0.29) is 24.2 Å². The van der Waals surface area contributed by atoms with Crippen molar-refractivity contribution in [2.24, 2.45) is 0 Å². The number of carbonyl (C=O) groups is 1. The van der Waals surface area contributed by atoms with E-state index in [1.807, 2.05) is 42.6 Å². The van der Waals surface area contributed by atoms with Crippen LogP contribution in [0.2, 0.25) is 0 Å². The van der Waals surface area contributed by atoms with E-state index in [0.29, 0.717) is 23.7 Å². The Bertz CT molecular complexity index is 1040. The zero-order chi connectivity index (χ0) is 17.9. The molecular weight excluding hydrogens is 354 g/mol. The lowest BCUT2D eigenvalue weighted by atomic mass is 10.2. The first kappa shape index (κ1) is 16.3. The number of ether oxygens (including phenoxy) is 1. The summed E-state index contributed by atoms with van der Waals surface area (Å²) < 4.78 is 16.9. The average Bonchev–Trinajstić information content (AvgIpc) is 3.35.